The number of nitriles is 1. The van der Waals surface area contributed by atoms with E-state index in [1.807, 2.05) is 67.7 Å². The van der Waals surface area contributed by atoms with Crippen molar-refractivity contribution in [2.45, 2.75) is 27.2 Å². The van der Waals surface area contributed by atoms with Gasteiger partial charge in [0, 0.05) is 24.4 Å². The lowest BCUT2D eigenvalue weighted by molar-refractivity contribution is -0.116. The number of rotatable bonds is 8. The highest BCUT2D eigenvalue weighted by molar-refractivity contribution is 6.02. The lowest BCUT2D eigenvalue weighted by Gasteiger charge is -2.11. The number of likely N-dealkylation sites (N-methyl/N-ethyl adjacent to an activating group) is 1. The van der Waals surface area contributed by atoms with Gasteiger partial charge < -0.3 is 10.1 Å². The number of para-hydroxylation sites is 1. The van der Waals surface area contributed by atoms with E-state index < -0.39 is 5.91 Å². The number of hydrogen-bond acceptors (Lipinski definition) is 4. The van der Waals surface area contributed by atoms with Gasteiger partial charge in [0.1, 0.15) is 23.1 Å². The number of nitrogens with zero attached hydrogens (tertiary/aromatic N) is 3. The Morgan fingerprint density at radius 3 is 2.62 bits per heavy atom. The molecule has 6 heteroatoms. The molecule has 1 amide bonds. The van der Waals surface area contributed by atoms with Crippen LogP contribution in [-0.4, -0.2) is 29.3 Å². The number of aryl methyl sites for hydroxylation is 1. The van der Waals surface area contributed by atoms with Crippen LogP contribution in [0.5, 0.6) is 5.75 Å². The lowest BCUT2D eigenvalue weighted by atomic mass is 10.0. The highest BCUT2D eigenvalue weighted by atomic mass is 16.5. The van der Waals surface area contributed by atoms with Crippen molar-refractivity contribution in [1.82, 2.24) is 15.1 Å². The van der Waals surface area contributed by atoms with E-state index in [1.54, 1.807) is 10.8 Å². The van der Waals surface area contributed by atoms with Crippen molar-refractivity contribution in [3.63, 3.8) is 0 Å². The fourth-order valence-corrected chi connectivity index (χ4v) is 3.23. The summed E-state index contributed by atoms with van der Waals surface area (Å²) in [6.07, 6.45) is 4.39. The summed E-state index contributed by atoms with van der Waals surface area (Å²) in [5, 5.41) is 16.7. The average molecular weight is 429 g/mol. The van der Waals surface area contributed by atoms with Crippen molar-refractivity contribution >= 4 is 12.0 Å². The normalized spacial score (nSPS) is 11.3. The molecular formula is C26H28N4O2. The van der Waals surface area contributed by atoms with E-state index >= 15 is 0 Å². The third-order valence-corrected chi connectivity index (χ3v) is 5.06. The minimum Gasteiger partial charge on any atom is -0.493 e. The first kappa shape index (κ1) is 22.8. The number of hydrogen-bond donors (Lipinski definition) is 1. The third kappa shape index (κ3) is 5.44. The van der Waals surface area contributed by atoms with Crippen molar-refractivity contribution in [3.8, 4) is 28.8 Å². The van der Waals surface area contributed by atoms with E-state index in [0.717, 1.165) is 29.0 Å². The van der Waals surface area contributed by atoms with E-state index in [2.05, 4.69) is 19.2 Å². The molecule has 0 aliphatic rings. The van der Waals surface area contributed by atoms with Crippen molar-refractivity contribution in [3.05, 3.63) is 71.4 Å². The minimum atomic E-state index is -0.434. The van der Waals surface area contributed by atoms with Crippen LogP contribution in [0.2, 0.25) is 0 Å². The summed E-state index contributed by atoms with van der Waals surface area (Å²) in [5.41, 5.74) is 4.16. The highest BCUT2D eigenvalue weighted by Gasteiger charge is 2.15. The molecule has 1 N–H and O–H groups in total. The number of carbonyl (C=O) groups excluding carboxylic acids is 1. The van der Waals surface area contributed by atoms with Gasteiger partial charge >= 0.3 is 0 Å². The summed E-state index contributed by atoms with van der Waals surface area (Å²) < 4.78 is 7.69. The van der Waals surface area contributed by atoms with Crippen molar-refractivity contribution in [2.24, 2.45) is 5.92 Å². The maximum absolute atomic E-state index is 12.1. The smallest absolute Gasteiger partial charge is 0.261 e. The molecule has 0 aliphatic carbocycles. The van der Waals surface area contributed by atoms with Crippen LogP contribution in [-0.2, 0) is 4.79 Å². The highest BCUT2D eigenvalue weighted by Crippen LogP contribution is 2.30. The van der Waals surface area contributed by atoms with Gasteiger partial charge in [-0.15, -0.1) is 0 Å². The molecule has 3 rings (SSSR count). The molecule has 0 saturated heterocycles. The zero-order valence-electron chi connectivity index (χ0n) is 18.9. The maximum atomic E-state index is 12.1. The van der Waals surface area contributed by atoms with Crippen LogP contribution in [0.25, 0.3) is 23.0 Å². The number of ether oxygens (including phenoxy) is 1. The predicted molar refractivity (Wildman–Crippen MR) is 126 cm³/mol. The van der Waals surface area contributed by atoms with Gasteiger partial charge in [-0.1, -0.05) is 32.0 Å². The van der Waals surface area contributed by atoms with Gasteiger partial charge in [0.25, 0.3) is 5.91 Å². The van der Waals surface area contributed by atoms with E-state index in [0.29, 0.717) is 23.8 Å². The molecule has 164 valence electrons. The van der Waals surface area contributed by atoms with Crippen molar-refractivity contribution < 1.29 is 9.53 Å². The summed E-state index contributed by atoms with van der Waals surface area (Å²) >= 11 is 0. The molecule has 0 saturated carbocycles. The molecular weight excluding hydrogens is 400 g/mol. The van der Waals surface area contributed by atoms with E-state index in [1.165, 1.54) is 7.05 Å². The van der Waals surface area contributed by atoms with Crippen LogP contribution in [0.15, 0.2) is 60.3 Å². The summed E-state index contributed by atoms with van der Waals surface area (Å²) in [6.45, 7) is 7.02. The first-order valence-electron chi connectivity index (χ1n) is 10.7. The number of nitrogens with one attached hydrogen (secondary N) is 1. The average Bonchev–Trinajstić information content (AvgIpc) is 3.22. The molecule has 1 heterocycles. The van der Waals surface area contributed by atoms with Crippen LogP contribution in [0, 0.1) is 24.2 Å². The van der Waals surface area contributed by atoms with Gasteiger partial charge in [-0.3, -0.25) is 4.79 Å². The molecule has 32 heavy (non-hydrogen) atoms. The number of aromatic nitrogens is 2. The topological polar surface area (TPSA) is 79.9 Å². The summed E-state index contributed by atoms with van der Waals surface area (Å²) in [6, 6.07) is 17.6. The first-order valence-corrected chi connectivity index (χ1v) is 10.7. The molecule has 0 atom stereocenters. The van der Waals surface area contributed by atoms with Crippen LogP contribution in [0.1, 0.15) is 31.4 Å². The maximum Gasteiger partial charge on any atom is 0.261 e. The zero-order valence-corrected chi connectivity index (χ0v) is 18.9. The Hall–Kier alpha value is -3.85. The van der Waals surface area contributed by atoms with Gasteiger partial charge in [-0.25, -0.2) is 4.68 Å². The molecule has 6 nitrogen and oxygen atoms in total. The van der Waals surface area contributed by atoms with Gasteiger partial charge in [0.05, 0.1) is 12.3 Å². The minimum absolute atomic E-state index is 0.0201. The lowest BCUT2D eigenvalue weighted by Crippen LogP contribution is -2.19. The Morgan fingerprint density at radius 2 is 2.00 bits per heavy atom. The van der Waals surface area contributed by atoms with Gasteiger partial charge in [-0.2, -0.15) is 10.4 Å². The second-order valence-corrected chi connectivity index (χ2v) is 7.97. The molecule has 0 bridgehead atoms. The molecule has 0 radical (unpaired) electrons. The van der Waals surface area contributed by atoms with Crippen LogP contribution in [0.3, 0.4) is 0 Å². The molecule has 0 spiro atoms. The van der Waals surface area contributed by atoms with Gasteiger partial charge in [0.2, 0.25) is 0 Å². The summed E-state index contributed by atoms with van der Waals surface area (Å²) in [4.78, 5) is 12.1. The van der Waals surface area contributed by atoms with Crippen LogP contribution >= 0.6 is 0 Å². The number of amides is 1. The zero-order chi connectivity index (χ0) is 23.1. The van der Waals surface area contributed by atoms with Crippen molar-refractivity contribution in [2.75, 3.05) is 13.7 Å². The number of benzene rings is 2. The van der Waals surface area contributed by atoms with E-state index in [4.69, 9.17) is 9.84 Å². The van der Waals surface area contributed by atoms with Gasteiger partial charge in [-0.05, 0) is 61.2 Å². The Morgan fingerprint density at radius 1 is 1.25 bits per heavy atom. The molecule has 3 aromatic rings. The number of carbonyl (C=O) groups is 1. The Labute approximate surface area is 189 Å². The predicted octanol–water partition coefficient (Wildman–Crippen LogP) is 4.93. The van der Waals surface area contributed by atoms with E-state index in [9.17, 15) is 10.1 Å². The second-order valence-electron chi connectivity index (χ2n) is 7.97. The van der Waals surface area contributed by atoms with Crippen LogP contribution < -0.4 is 10.1 Å². The Balaban J connectivity index is 2.03. The molecule has 0 unspecified atom stereocenters. The van der Waals surface area contributed by atoms with Gasteiger partial charge in [0.15, 0.2) is 0 Å². The standard InChI is InChI=1S/C26H28N4O2/c1-18(2)12-13-32-24-11-10-20(14-19(24)3)25-22(15-21(16-27)26(31)28-4)17-30(29-25)23-8-6-5-7-9-23/h5-11,14-15,17-18H,12-13H2,1-4H3,(H,28,31)/b21-15+. The molecule has 0 aliphatic heterocycles. The van der Waals surface area contributed by atoms with Crippen molar-refractivity contribution in [1.29, 1.82) is 5.26 Å². The summed E-state index contributed by atoms with van der Waals surface area (Å²) in [7, 11) is 1.50. The summed E-state index contributed by atoms with van der Waals surface area (Å²) in [5.74, 6) is 0.994. The quantitative estimate of drug-likeness (QED) is 0.408. The molecule has 1 aromatic heterocycles. The van der Waals surface area contributed by atoms with E-state index in [-0.39, 0.29) is 5.57 Å². The SMILES string of the molecule is CNC(=O)/C(C#N)=C/c1cn(-c2ccccc2)nc1-c1ccc(OCCC(C)C)c(C)c1. The fraction of sp³-hybridized carbons (Fsp3) is 0.269. The third-order valence-electron chi connectivity index (χ3n) is 5.06. The monoisotopic (exact) mass is 428 g/mol. The fourth-order valence-electron chi connectivity index (χ4n) is 3.23. The molecule has 2 aromatic carbocycles. The first-order chi connectivity index (χ1) is 15.4. The molecule has 0 fully saturated rings. The second kappa shape index (κ2) is 10.5. The largest absolute Gasteiger partial charge is 0.493 e. The Bertz CT molecular complexity index is 1150. The Kier molecular flexibility index (Phi) is 7.45. The van der Waals surface area contributed by atoms with Crippen LogP contribution in [0.4, 0.5) is 0 Å².